The minimum Gasteiger partial charge on any atom is -0.466 e. The number of carbonyl (C=O) groups excluding carboxylic acids is 2. The van der Waals surface area contributed by atoms with Crippen molar-refractivity contribution in [2.75, 3.05) is 27.3 Å². The maximum absolute atomic E-state index is 11.8. The number of hydrogen-bond acceptors (Lipinski definition) is 5. The molecule has 0 aliphatic carbocycles. The van der Waals surface area contributed by atoms with Crippen LogP contribution in [0.15, 0.2) is 91.0 Å². The van der Waals surface area contributed by atoms with Crippen LogP contribution in [0, 0.1) is 0 Å². The largest absolute Gasteiger partial charge is 0.466 e. The first kappa shape index (κ1) is 33.9. The van der Waals surface area contributed by atoms with E-state index in [1.165, 1.54) is 5.56 Å². The molecule has 0 aliphatic heterocycles. The van der Waals surface area contributed by atoms with Crippen molar-refractivity contribution in [2.24, 2.45) is 0 Å². The zero-order valence-corrected chi connectivity index (χ0v) is 27.2. The molecule has 0 N–H and O–H groups in total. The second-order valence-corrected chi connectivity index (χ2v) is 11.4. The molecule has 0 spiro atoms. The molecule has 0 bridgehead atoms. The maximum atomic E-state index is 11.8. The summed E-state index contributed by atoms with van der Waals surface area (Å²) in [6, 6.07) is 31.1. The van der Waals surface area contributed by atoms with E-state index in [4.69, 9.17) is 9.47 Å². The van der Waals surface area contributed by atoms with Crippen LogP contribution in [0.1, 0.15) is 63.9 Å². The lowest BCUT2D eigenvalue weighted by molar-refractivity contribution is -0.143. The zero-order chi connectivity index (χ0) is 32.7. The maximum Gasteiger partial charge on any atom is 0.310 e. The summed E-state index contributed by atoms with van der Waals surface area (Å²) in [5.41, 5.74) is 9.62. The lowest BCUT2D eigenvalue weighted by atomic mass is 10.0. The van der Waals surface area contributed by atoms with Crippen molar-refractivity contribution < 1.29 is 19.1 Å². The minimum absolute atomic E-state index is 0.214. The molecule has 0 atom stereocenters. The van der Waals surface area contributed by atoms with E-state index in [-0.39, 0.29) is 24.8 Å². The highest BCUT2D eigenvalue weighted by Gasteiger charge is 2.05. The Bertz CT molecular complexity index is 1570. The van der Waals surface area contributed by atoms with Gasteiger partial charge in [-0.3, -0.25) is 9.59 Å². The Kier molecular flexibility index (Phi) is 12.9. The second-order valence-electron chi connectivity index (χ2n) is 11.4. The molecule has 4 aromatic carbocycles. The molecule has 0 saturated carbocycles. The van der Waals surface area contributed by atoms with Gasteiger partial charge in [-0.05, 0) is 96.2 Å². The third kappa shape index (κ3) is 11.5. The lowest BCUT2D eigenvalue weighted by Gasteiger charge is -2.09. The van der Waals surface area contributed by atoms with Crippen LogP contribution < -0.4 is 0 Å². The van der Waals surface area contributed by atoms with E-state index >= 15 is 0 Å². The van der Waals surface area contributed by atoms with Gasteiger partial charge in [0.1, 0.15) is 0 Å². The highest BCUT2D eigenvalue weighted by atomic mass is 16.5. The standard InChI is InChI=1S/C41H43NO4/c1-5-45-40(43)28-34-16-7-31(8-17-34)13-22-37-25-38(23-14-32-9-18-35(19-10-32)29-41(44)46-6-2)27-39(26-37)24-15-33-11-20-36(21-12-33)30-42(3)4/h7-27H,5-6,28-30H2,1-4H3/b22-13+,23-14+,24-15+. The predicted octanol–water partition coefficient (Wildman–Crippen LogP) is 8.47. The Balaban J connectivity index is 1.55. The van der Waals surface area contributed by atoms with Gasteiger partial charge >= 0.3 is 11.9 Å². The van der Waals surface area contributed by atoms with E-state index in [0.717, 1.165) is 51.1 Å². The Morgan fingerprint density at radius 1 is 0.500 bits per heavy atom. The van der Waals surface area contributed by atoms with Crippen molar-refractivity contribution in [3.8, 4) is 0 Å². The van der Waals surface area contributed by atoms with Crippen LogP contribution >= 0.6 is 0 Å². The molecular weight excluding hydrogens is 570 g/mol. The monoisotopic (exact) mass is 613 g/mol. The van der Waals surface area contributed by atoms with E-state index < -0.39 is 0 Å². The van der Waals surface area contributed by atoms with Gasteiger partial charge in [0.2, 0.25) is 0 Å². The van der Waals surface area contributed by atoms with E-state index in [0.29, 0.717) is 13.2 Å². The van der Waals surface area contributed by atoms with Crippen LogP contribution in [0.2, 0.25) is 0 Å². The summed E-state index contributed by atoms with van der Waals surface area (Å²) in [5.74, 6) is -0.429. The number of ether oxygens (including phenoxy) is 2. The summed E-state index contributed by atoms with van der Waals surface area (Å²) in [6.45, 7) is 5.31. The van der Waals surface area contributed by atoms with E-state index in [1.807, 2.05) is 62.4 Å². The Hall–Kier alpha value is -5.00. The first-order chi connectivity index (χ1) is 22.3. The van der Waals surface area contributed by atoms with Gasteiger partial charge in [-0.25, -0.2) is 0 Å². The molecule has 0 saturated heterocycles. The first-order valence-electron chi connectivity index (χ1n) is 15.7. The zero-order valence-electron chi connectivity index (χ0n) is 27.2. The molecule has 4 rings (SSSR count). The van der Waals surface area contributed by atoms with Gasteiger partial charge < -0.3 is 14.4 Å². The number of rotatable bonds is 14. The third-order valence-corrected chi connectivity index (χ3v) is 7.15. The number of hydrogen-bond donors (Lipinski definition) is 0. The van der Waals surface area contributed by atoms with Crippen LogP contribution in [0.4, 0.5) is 0 Å². The molecule has 0 aliphatic rings. The van der Waals surface area contributed by atoms with Crippen LogP contribution in [0.25, 0.3) is 36.5 Å². The molecule has 0 aromatic heterocycles. The highest BCUT2D eigenvalue weighted by Crippen LogP contribution is 2.20. The third-order valence-electron chi connectivity index (χ3n) is 7.15. The van der Waals surface area contributed by atoms with E-state index in [2.05, 4.69) is 97.9 Å². The van der Waals surface area contributed by atoms with Gasteiger partial charge in [0.05, 0.1) is 26.1 Å². The van der Waals surface area contributed by atoms with Crippen LogP contribution in [0.3, 0.4) is 0 Å². The number of carbonyl (C=O) groups is 2. The van der Waals surface area contributed by atoms with Crippen molar-refractivity contribution >= 4 is 48.4 Å². The van der Waals surface area contributed by atoms with Crippen molar-refractivity contribution in [3.63, 3.8) is 0 Å². The number of esters is 2. The Morgan fingerprint density at radius 3 is 1.11 bits per heavy atom. The summed E-state index contributed by atoms with van der Waals surface area (Å²) in [5, 5.41) is 0. The average Bonchev–Trinajstić information content (AvgIpc) is 3.04. The van der Waals surface area contributed by atoms with Crippen LogP contribution in [0.5, 0.6) is 0 Å². The summed E-state index contributed by atoms with van der Waals surface area (Å²) < 4.78 is 10.1. The molecule has 236 valence electrons. The minimum atomic E-state index is -0.214. The predicted molar refractivity (Wildman–Crippen MR) is 191 cm³/mol. The molecule has 0 heterocycles. The lowest BCUT2D eigenvalue weighted by Crippen LogP contribution is -2.10. The van der Waals surface area contributed by atoms with Gasteiger partial charge in [0.15, 0.2) is 0 Å². The van der Waals surface area contributed by atoms with E-state index in [1.54, 1.807) is 0 Å². The molecule has 0 unspecified atom stereocenters. The van der Waals surface area contributed by atoms with Crippen molar-refractivity contribution in [1.82, 2.24) is 4.90 Å². The topological polar surface area (TPSA) is 55.8 Å². The SMILES string of the molecule is CCOC(=O)Cc1ccc(/C=C/c2cc(/C=C/c3ccc(CC(=O)OCC)cc3)cc(/C=C/c3ccc(CN(C)C)cc3)c2)cc1. The highest BCUT2D eigenvalue weighted by molar-refractivity contribution is 5.79. The average molecular weight is 614 g/mol. The summed E-state index contributed by atoms with van der Waals surface area (Å²) >= 11 is 0. The van der Waals surface area contributed by atoms with Gasteiger partial charge in [-0.2, -0.15) is 0 Å². The van der Waals surface area contributed by atoms with Crippen molar-refractivity contribution in [3.05, 3.63) is 141 Å². The van der Waals surface area contributed by atoms with Crippen molar-refractivity contribution in [1.29, 1.82) is 0 Å². The number of benzene rings is 4. The quantitative estimate of drug-likeness (QED) is 0.105. The number of nitrogens with zero attached hydrogens (tertiary/aromatic N) is 1. The first-order valence-corrected chi connectivity index (χ1v) is 15.7. The van der Waals surface area contributed by atoms with Gasteiger partial charge in [0, 0.05) is 6.54 Å². The van der Waals surface area contributed by atoms with Gasteiger partial charge in [-0.1, -0.05) is 109 Å². The summed E-state index contributed by atoms with van der Waals surface area (Å²) in [4.78, 5) is 25.8. The molecule has 0 radical (unpaired) electrons. The Morgan fingerprint density at radius 2 is 0.804 bits per heavy atom. The fraction of sp³-hybridized carbons (Fsp3) is 0.220. The molecule has 46 heavy (non-hydrogen) atoms. The fourth-order valence-corrected chi connectivity index (χ4v) is 4.92. The van der Waals surface area contributed by atoms with Gasteiger partial charge in [-0.15, -0.1) is 0 Å². The van der Waals surface area contributed by atoms with Crippen molar-refractivity contribution in [2.45, 2.75) is 33.2 Å². The molecule has 0 fully saturated rings. The Labute approximate surface area is 273 Å². The van der Waals surface area contributed by atoms with Crippen LogP contribution in [-0.2, 0) is 38.4 Å². The summed E-state index contributed by atoms with van der Waals surface area (Å²) in [6.07, 6.45) is 13.2. The fourth-order valence-electron chi connectivity index (χ4n) is 4.92. The second kappa shape index (κ2) is 17.5. The van der Waals surface area contributed by atoms with Gasteiger partial charge in [0.25, 0.3) is 0 Å². The molecule has 0 amide bonds. The molecule has 4 aromatic rings. The molecular formula is C41H43NO4. The molecule has 5 nitrogen and oxygen atoms in total. The smallest absolute Gasteiger partial charge is 0.310 e. The normalized spacial score (nSPS) is 11.6. The summed E-state index contributed by atoms with van der Waals surface area (Å²) in [7, 11) is 4.15. The molecule has 5 heteroatoms. The van der Waals surface area contributed by atoms with Crippen LogP contribution in [-0.4, -0.2) is 44.1 Å². The van der Waals surface area contributed by atoms with E-state index in [9.17, 15) is 9.59 Å².